The quantitative estimate of drug-likeness (QED) is 0.638. The summed E-state index contributed by atoms with van der Waals surface area (Å²) in [5, 5.41) is 3.11. The topological polar surface area (TPSA) is 92.5 Å². The standard InChI is InChI=1S/C27H39N3O3/c28-25(31)19-16-20(26(32)29-22-10-4-1-5-11-22)18-21(17-19)27(33)30(23-12-6-2-7-13-23)24-14-8-3-9-15-24/h16-18,22-24H,1-15H2,(H2,28,31)(H,29,32). The third kappa shape index (κ3) is 5.96. The lowest BCUT2D eigenvalue weighted by molar-refractivity contribution is 0.0448. The number of benzene rings is 1. The molecule has 3 amide bonds. The maximum atomic E-state index is 13.9. The van der Waals surface area contributed by atoms with Crippen LogP contribution in [0, 0.1) is 0 Å². The van der Waals surface area contributed by atoms with E-state index >= 15 is 0 Å². The first kappa shape index (κ1) is 23.8. The van der Waals surface area contributed by atoms with E-state index < -0.39 is 5.91 Å². The zero-order chi connectivity index (χ0) is 23.2. The summed E-state index contributed by atoms with van der Waals surface area (Å²) in [6, 6.07) is 5.43. The summed E-state index contributed by atoms with van der Waals surface area (Å²) < 4.78 is 0. The first-order valence-corrected chi connectivity index (χ1v) is 13.1. The maximum Gasteiger partial charge on any atom is 0.254 e. The second-order valence-corrected chi connectivity index (χ2v) is 10.3. The Hall–Kier alpha value is -2.37. The van der Waals surface area contributed by atoms with E-state index in [1.54, 1.807) is 12.1 Å². The van der Waals surface area contributed by atoms with E-state index in [1.807, 2.05) is 0 Å². The van der Waals surface area contributed by atoms with Crippen LogP contribution in [-0.2, 0) is 0 Å². The van der Waals surface area contributed by atoms with E-state index in [-0.39, 0.29) is 35.5 Å². The Balaban J connectivity index is 1.62. The largest absolute Gasteiger partial charge is 0.366 e. The minimum Gasteiger partial charge on any atom is -0.366 e. The average molecular weight is 454 g/mol. The van der Waals surface area contributed by atoms with Crippen molar-refractivity contribution in [1.82, 2.24) is 10.2 Å². The lowest BCUT2D eigenvalue weighted by atomic mass is 9.88. The molecule has 3 N–H and O–H groups in total. The summed E-state index contributed by atoms with van der Waals surface area (Å²) in [6.07, 6.45) is 16.6. The van der Waals surface area contributed by atoms with Gasteiger partial charge in [-0.3, -0.25) is 14.4 Å². The zero-order valence-corrected chi connectivity index (χ0v) is 19.8. The fourth-order valence-electron chi connectivity index (χ4n) is 6.04. The van der Waals surface area contributed by atoms with Gasteiger partial charge in [0.25, 0.3) is 11.8 Å². The molecule has 6 nitrogen and oxygen atoms in total. The molecule has 0 atom stereocenters. The highest BCUT2D eigenvalue weighted by atomic mass is 16.2. The van der Waals surface area contributed by atoms with E-state index in [0.29, 0.717) is 11.1 Å². The highest BCUT2D eigenvalue weighted by Crippen LogP contribution is 2.32. The Morgan fingerprint density at radius 3 is 1.64 bits per heavy atom. The van der Waals surface area contributed by atoms with Gasteiger partial charge in [0.15, 0.2) is 0 Å². The van der Waals surface area contributed by atoms with Crippen LogP contribution in [0.3, 0.4) is 0 Å². The Kier molecular flexibility index (Phi) is 8.05. The molecule has 0 saturated heterocycles. The molecule has 4 rings (SSSR count). The van der Waals surface area contributed by atoms with Crippen LogP contribution in [0.5, 0.6) is 0 Å². The third-order valence-electron chi connectivity index (χ3n) is 7.84. The van der Waals surface area contributed by atoms with Crippen molar-refractivity contribution < 1.29 is 14.4 Å². The van der Waals surface area contributed by atoms with Crippen LogP contribution >= 0.6 is 0 Å². The van der Waals surface area contributed by atoms with Crippen molar-refractivity contribution >= 4 is 17.7 Å². The van der Waals surface area contributed by atoms with Gasteiger partial charge in [-0.25, -0.2) is 0 Å². The summed E-state index contributed by atoms with van der Waals surface area (Å²) in [7, 11) is 0. The normalized spacial score (nSPS) is 20.8. The second-order valence-electron chi connectivity index (χ2n) is 10.3. The number of nitrogens with two attached hydrogens (primary N) is 1. The molecule has 1 aromatic carbocycles. The molecule has 0 radical (unpaired) electrons. The molecule has 1 aromatic rings. The number of carbonyl (C=O) groups excluding carboxylic acids is 3. The highest BCUT2D eigenvalue weighted by Gasteiger charge is 2.33. The van der Waals surface area contributed by atoms with Crippen molar-refractivity contribution in [2.24, 2.45) is 5.73 Å². The molecule has 0 bridgehead atoms. The van der Waals surface area contributed by atoms with Crippen LogP contribution < -0.4 is 11.1 Å². The molecular formula is C27H39N3O3. The van der Waals surface area contributed by atoms with Gasteiger partial charge in [-0.1, -0.05) is 57.8 Å². The van der Waals surface area contributed by atoms with Gasteiger partial charge in [0, 0.05) is 34.8 Å². The lowest BCUT2D eigenvalue weighted by Gasteiger charge is -2.42. The highest BCUT2D eigenvalue weighted by molar-refractivity contribution is 6.04. The molecular weight excluding hydrogens is 414 g/mol. The van der Waals surface area contributed by atoms with Gasteiger partial charge in [0.1, 0.15) is 0 Å². The summed E-state index contributed by atoms with van der Waals surface area (Å²) in [5.41, 5.74) is 6.59. The van der Waals surface area contributed by atoms with Gasteiger partial charge in [0.2, 0.25) is 5.91 Å². The van der Waals surface area contributed by atoms with Crippen LogP contribution in [0.25, 0.3) is 0 Å². The summed E-state index contributed by atoms with van der Waals surface area (Å²) in [6.45, 7) is 0. The Morgan fingerprint density at radius 1 is 0.667 bits per heavy atom. The van der Waals surface area contributed by atoms with Gasteiger partial charge in [0.05, 0.1) is 0 Å². The lowest BCUT2D eigenvalue weighted by Crippen LogP contribution is -2.49. The Bertz CT molecular complexity index is 832. The molecule has 3 aliphatic carbocycles. The number of primary amides is 1. The van der Waals surface area contributed by atoms with E-state index in [0.717, 1.165) is 77.0 Å². The summed E-state index contributed by atoms with van der Waals surface area (Å²) >= 11 is 0. The van der Waals surface area contributed by atoms with E-state index in [4.69, 9.17) is 5.73 Å². The number of hydrogen-bond acceptors (Lipinski definition) is 3. The zero-order valence-electron chi connectivity index (χ0n) is 19.8. The van der Waals surface area contributed by atoms with Gasteiger partial charge >= 0.3 is 0 Å². The van der Waals surface area contributed by atoms with E-state index in [2.05, 4.69) is 10.2 Å². The fourth-order valence-corrected chi connectivity index (χ4v) is 6.04. The first-order valence-electron chi connectivity index (χ1n) is 13.1. The number of carbonyl (C=O) groups is 3. The SMILES string of the molecule is NC(=O)c1cc(C(=O)NC2CCCCC2)cc(C(=O)N(C2CCCCC2)C2CCCCC2)c1. The Labute approximate surface area is 197 Å². The van der Waals surface area contributed by atoms with Crippen LogP contribution in [-0.4, -0.2) is 40.7 Å². The van der Waals surface area contributed by atoms with Crippen LogP contribution in [0.1, 0.15) is 127 Å². The monoisotopic (exact) mass is 453 g/mol. The number of rotatable bonds is 6. The predicted molar refractivity (Wildman–Crippen MR) is 129 cm³/mol. The molecule has 0 heterocycles. The number of nitrogens with one attached hydrogen (secondary N) is 1. The third-order valence-corrected chi connectivity index (χ3v) is 7.84. The van der Waals surface area contributed by atoms with Gasteiger partial charge in [-0.15, -0.1) is 0 Å². The molecule has 0 aliphatic heterocycles. The van der Waals surface area contributed by atoms with E-state index in [9.17, 15) is 14.4 Å². The van der Waals surface area contributed by atoms with Crippen LogP contribution in [0.2, 0.25) is 0 Å². The summed E-state index contributed by atoms with van der Waals surface area (Å²) in [5.74, 6) is -0.886. The summed E-state index contributed by atoms with van der Waals surface area (Å²) in [4.78, 5) is 41.2. The van der Waals surface area contributed by atoms with Gasteiger partial charge in [-0.2, -0.15) is 0 Å². The molecule has 3 aliphatic rings. The Morgan fingerprint density at radius 2 is 1.12 bits per heavy atom. The van der Waals surface area contributed by atoms with Crippen molar-refractivity contribution in [1.29, 1.82) is 0 Å². The molecule has 6 heteroatoms. The molecule has 3 fully saturated rings. The van der Waals surface area contributed by atoms with Crippen molar-refractivity contribution in [3.8, 4) is 0 Å². The van der Waals surface area contributed by atoms with Crippen LogP contribution in [0.4, 0.5) is 0 Å². The van der Waals surface area contributed by atoms with Crippen molar-refractivity contribution in [3.63, 3.8) is 0 Å². The molecule has 180 valence electrons. The van der Waals surface area contributed by atoms with Crippen molar-refractivity contribution in [2.45, 2.75) is 114 Å². The van der Waals surface area contributed by atoms with Gasteiger partial charge in [-0.05, 0) is 56.7 Å². The predicted octanol–water partition coefficient (Wildman–Crippen LogP) is 4.96. The van der Waals surface area contributed by atoms with Gasteiger partial charge < -0.3 is 16.0 Å². The smallest absolute Gasteiger partial charge is 0.254 e. The van der Waals surface area contributed by atoms with Crippen LogP contribution in [0.15, 0.2) is 18.2 Å². The second kappa shape index (κ2) is 11.2. The number of nitrogens with zero attached hydrogens (tertiary/aromatic N) is 1. The van der Waals surface area contributed by atoms with E-state index in [1.165, 1.54) is 25.3 Å². The molecule has 33 heavy (non-hydrogen) atoms. The average Bonchev–Trinajstić information content (AvgIpc) is 2.86. The van der Waals surface area contributed by atoms with Crippen molar-refractivity contribution in [3.05, 3.63) is 34.9 Å². The fraction of sp³-hybridized carbons (Fsp3) is 0.667. The minimum absolute atomic E-state index is 0.0522. The molecule has 3 saturated carbocycles. The maximum absolute atomic E-state index is 13.9. The van der Waals surface area contributed by atoms with Crippen molar-refractivity contribution in [2.75, 3.05) is 0 Å². The minimum atomic E-state index is -0.613. The number of hydrogen-bond donors (Lipinski definition) is 2. The molecule has 0 aromatic heterocycles. The number of amides is 3. The molecule has 0 spiro atoms. The first-order chi connectivity index (χ1) is 16.0. The molecule has 0 unspecified atom stereocenters.